The summed E-state index contributed by atoms with van der Waals surface area (Å²) in [6.45, 7) is 1.62. The number of anilines is 1. The van der Waals surface area contributed by atoms with Crippen molar-refractivity contribution in [3.05, 3.63) is 54.6 Å². The van der Waals surface area contributed by atoms with Crippen molar-refractivity contribution in [2.24, 2.45) is 0 Å². The molecule has 1 amide bonds. The molecule has 5 heterocycles. The minimum Gasteiger partial charge on any atom is -0.361 e. The molecule has 2 saturated heterocycles. The van der Waals surface area contributed by atoms with E-state index in [2.05, 4.69) is 29.7 Å². The summed E-state index contributed by atoms with van der Waals surface area (Å²) >= 11 is 0. The molecule has 4 aromatic rings. The van der Waals surface area contributed by atoms with E-state index in [1.54, 1.807) is 6.33 Å². The van der Waals surface area contributed by atoms with Gasteiger partial charge in [-0.2, -0.15) is 0 Å². The van der Waals surface area contributed by atoms with Gasteiger partial charge in [-0.05, 0) is 37.1 Å². The SMILES string of the molecule is O=C(c1cccc2[nH]ccc12)N1C2CCC1CN(c1ncnc3[nH]ccc13)C2. The van der Waals surface area contributed by atoms with Crippen molar-refractivity contribution < 1.29 is 4.79 Å². The number of hydrogen-bond acceptors (Lipinski definition) is 4. The highest BCUT2D eigenvalue weighted by atomic mass is 16.2. The summed E-state index contributed by atoms with van der Waals surface area (Å²) in [5.74, 6) is 1.11. The molecule has 140 valence electrons. The van der Waals surface area contributed by atoms with E-state index in [4.69, 9.17) is 0 Å². The molecular formula is C21H20N6O. The number of nitrogens with one attached hydrogen (secondary N) is 2. The second-order valence-electron chi connectivity index (χ2n) is 7.68. The van der Waals surface area contributed by atoms with Gasteiger partial charge in [0.05, 0.1) is 17.5 Å². The highest BCUT2D eigenvalue weighted by Crippen LogP contribution is 2.35. The van der Waals surface area contributed by atoms with Crippen LogP contribution in [0.15, 0.2) is 49.1 Å². The zero-order valence-electron chi connectivity index (χ0n) is 15.3. The Morgan fingerprint density at radius 3 is 2.61 bits per heavy atom. The van der Waals surface area contributed by atoms with Crippen LogP contribution in [0.25, 0.3) is 21.9 Å². The maximum Gasteiger partial charge on any atom is 0.255 e. The number of rotatable bonds is 2. The standard InChI is InChI=1S/C21H20N6O/c28-21(16-2-1-3-18-15(16)6-8-22-18)27-13-4-5-14(27)11-26(10-13)20-17-7-9-23-19(17)24-12-25-20/h1-3,6-9,12-14,22H,4-5,10-11H2,(H,23,24,25). The van der Waals surface area contributed by atoms with Crippen LogP contribution < -0.4 is 4.90 Å². The number of carbonyl (C=O) groups excluding carboxylic acids is 1. The van der Waals surface area contributed by atoms with Gasteiger partial charge in [0.15, 0.2) is 0 Å². The minimum absolute atomic E-state index is 0.145. The van der Waals surface area contributed by atoms with E-state index in [0.29, 0.717) is 0 Å². The van der Waals surface area contributed by atoms with E-state index in [0.717, 1.165) is 59.2 Å². The van der Waals surface area contributed by atoms with E-state index >= 15 is 0 Å². The molecule has 2 atom stereocenters. The molecule has 1 aromatic carbocycles. The molecular weight excluding hydrogens is 352 g/mol. The van der Waals surface area contributed by atoms with Crippen molar-refractivity contribution in [1.29, 1.82) is 0 Å². The minimum atomic E-state index is 0.145. The van der Waals surface area contributed by atoms with Gasteiger partial charge in [-0.3, -0.25) is 4.79 Å². The van der Waals surface area contributed by atoms with Crippen molar-refractivity contribution in [3.8, 4) is 0 Å². The molecule has 2 aliphatic heterocycles. The van der Waals surface area contributed by atoms with Gasteiger partial charge in [0, 0.05) is 41.9 Å². The Bertz CT molecular complexity index is 1180. The maximum absolute atomic E-state index is 13.4. The zero-order valence-corrected chi connectivity index (χ0v) is 15.3. The molecule has 7 nitrogen and oxygen atoms in total. The summed E-state index contributed by atoms with van der Waals surface area (Å²) < 4.78 is 0. The average molecular weight is 372 g/mol. The fourth-order valence-electron chi connectivity index (χ4n) is 4.93. The van der Waals surface area contributed by atoms with E-state index in [9.17, 15) is 4.79 Å². The third-order valence-corrected chi connectivity index (χ3v) is 6.17. The van der Waals surface area contributed by atoms with Crippen LogP contribution in [0.5, 0.6) is 0 Å². The van der Waals surface area contributed by atoms with Crippen molar-refractivity contribution in [3.63, 3.8) is 0 Å². The Hall–Kier alpha value is -3.35. The molecule has 0 radical (unpaired) electrons. The van der Waals surface area contributed by atoms with Gasteiger partial charge in [-0.1, -0.05) is 6.07 Å². The molecule has 0 aliphatic carbocycles. The van der Waals surface area contributed by atoms with Crippen LogP contribution in [0.1, 0.15) is 23.2 Å². The van der Waals surface area contributed by atoms with E-state index in [1.807, 2.05) is 42.7 Å². The van der Waals surface area contributed by atoms with Crippen molar-refractivity contribution in [1.82, 2.24) is 24.8 Å². The second-order valence-corrected chi connectivity index (χ2v) is 7.68. The van der Waals surface area contributed by atoms with Gasteiger partial charge >= 0.3 is 0 Å². The Morgan fingerprint density at radius 1 is 0.964 bits per heavy atom. The molecule has 2 aliphatic rings. The molecule has 28 heavy (non-hydrogen) atoms. The molecule has 2 bridgehead atoms. The average Bonchev–Trinajstić information content (AvgIpc) is 3.44. The number of fused-ring (bicyclic) bond motifs is 4. The summed E-state index contributed by atoms with van der Waals surface area (Å²) in [4.78, 5) is 33.1. The monoisotopic (exact) mass is 372 g/mol. The third-order valence-electron chi connectivity index (χ3n) is 6.17. The predicted octanol–water partition coefficient (Wildman–Crippen LogP) is 2.93. The van der Waals surface area contributed by atoms with E-state index in [1.165, 1.54) is 0 Å². The van der Waals surface area contributed by atoms with E-state index < -0.39 is 0 Å². The highest BCUT2D eigenvalue weighted by Gasteiger charge is 2.43. The lowest BCUT2D eigenvalue weighted by Gasteiger charge is -2.41. The summed E-state index contributed by atoms with van der Waals surface area (Å²) in [7, 11) is 0. The van der Waals surface area contributed by atoms with E-state index in [-0.39, 0.29) is 18.0 Å². The summed E-state index contributed by atoms with van der Waals surface area (Å²) in [6, 6.07) is 10.3. The lowest BCUT2D eigenvalue weighted by Crippen LogP contribution is -2.56. The van der Waals surface area contributed by atoms with Gasteiger partial charge in [-0.25, -0.2) is 9.97 Å². The maximum atomic E-state index is 13.4. The molecule has 3 aromatic heterocycles. The van der Waals surface area contributed by atoms with Crippen LogP contribution in [0, 0.1) is 0 Å². The fraction of sp³-hybridized carbons (Fsp3) is 0.286. The van der Waals surface area contributed by atoms with Crippen LogP contribution in [0.4, 0.5) is 5.82 Å². The number of carbonyl (C=O) groups is 1. The third kappa shape index (κ3) is 2.19. The molecule has 2 N–H and O–H groups in total. The van der Waals surface area contributed by atoms with Crippen LogP contribution in [0.2, 0.25) is 0 Å². The first kappa shape index (κ1) is 15.7. The normalized spacial score (nSPS) is 21.7. The van der Waals surface area contributed by atoms with Gasteiger partial charge < -0.3 is 19.8 Å². The second kappa shape index (κ2) is 5.82. The number of H-pyrrole nitrogens is 2. The van der Waals surface area contributed by atoms with Gasteiger partial charge in [0.1, 0.15) is 17.8 Å². The topological polar surface area (TPSA) is 80.9 Å². The molecule has 6 rings (SSSR count). The Kier molecular flexibility index (Phi) is 3.26. The predicted molar refractivity (Wildman–Crippen MR) is 107 cm³/mol. The Morgan fingerprint density at radius 2 is 1.75 bits per heavy atom. The van der Waals surface area contributed by atoms with Crippen LogP contribution in [-0.4, -0.2) is 55.9 Å². The first-order valence-electron chi connectivity index (χ1n) is 9.71. The number of aromatic nitrogens is 4. The molecule has 2 fully saturated rings. The number of hydrogen-bond donors (Lipinski definition) is 2. The molecule has 7 heteroatoms. The quantitative estimate of drug-likeness (QED) is 0.567. The zero-order chi connectivity index (χ0) is 18.7. The first-order chi connectivity index (χ1) is 13.8. The molecule has 0 saturated carbocycles. The summed E-state index contributed by atoms with van der Waals surface area (Å²) in [5.41, 5.74) is 2.65. The Balaban J connectivity index is 1.33. The lowest BCUT2D eigenvalue weighted by atomic mass is 10.1. The number of benzene rings is 1. The van der Waals surface area contributed by atoms with Gasteiger partial charge in [-0.15, -0.1) is 0 Å². The van der Waals surface area contributed by atoms with Crippen molar-refractivity contribution >= 4 is 33.7 Å². The van der Waals surface area contributed by atoms with Gasteiger partial charge in [0.2, 0.25) is 0 Å². The van der Waals surface area contributed by atoms with Gasteiger partial charge in [0.25, 0.3) is 5.91 Å². The summed E-state index contributed by atoms with van der Waals surface area (Å²) in [6.07, 6.45) is 7.48. The number of piperazine rings is 1. The lowest BCUT2D eigenvalue weighted by molar-refractivity contribution is 0.0643. The van der Waals surface area contributed by atoms with Crippen molar-refractivity contribution in [2.45, 2.75) is 24.9 Å². The smallest absolute Gasteiger partial charge is 0.255 e. The number of aromatic amines is 2. The molecule has 2 unspecified atom stereocenters. The van der Waals surface area contributed by atoms with Crippen LogP contribution in [0.3, 0.4) is 0 Å². The summed E-state index contributed by atoms with van der Waals surface area (Å²) in [5, 5.41) is 2.04. The Labute approximate surface area is 161 Å². The largest absolute Gasteiger partial charge is 0.361 e. The number of amides is 1. The highest BCUT2D eigenvalue weighted by molar-refractivity contribution is 6.06. The van der Waals surface area contributed by atoms with Crippen LogP contribution in [-0.2, 0) is 0 Å². The van der Waals surface area contributed by atoms with Crippen LogP contribution >= 0.6 is 0 Å². The number of nitrogens with zero attached hydrogens (tertiary/aromatic N) is 4. The van der Waals surface area contributed by atoms with Crippen molar-refractivity contribution in [2.75, 3.05) is 18.0 Å². The fourth-order valence-corrected chi connectivity index (χ4v) is 4.93. The molecule has 0 spiro atoms. The first-order valence-corrected chi connectivity index (χ1v) is 9.71.